The van der Waals surface area contributed by atoms with E-state index in [1.807, 2.05) is 16.7 Å². The van der Waals surface area contributed by atoms with Crippen molar-refractivity contribution in [3.05, 3.63) is 89.1 Å². The first-order valence-corrected chi connectivity index (χ1v) is 14.4. The van der Waals surface area contributed by atoms with Crippen molar-refractivity contribution in [2.75, 3.05) is 26.3 Å². The van der Waals surface area contributed by atoms with Gasteiger partial charge in [0.25, 0.3) is 0 Å². The molecule has 4 aromatic rings. The van der Waals surface area contributed by atoms with Crippen LogP contribution in [-0.2, 0) is 26.9 Å². The fourth-order valence-corrected chi connectivity index (χ4v) is 5.53. The summed E-state index contributed by atoms with van der Waals surface area (Å²) in [5, 5.41) is 3.86. The zero-order valence-corrected chi connectivity index (χ0v) is 24.0. The topological polar surface area (TPSA) is 78.8 Å². The van der Waals surface area contributed by atoms with Gasteiger partial charge in [-0.15, -0.1) is 0 Å². The molecular weight excluding hydrogens is 561 g/mol. The van der Waals surface area contributed by atoms with Crippen molar-refractivity contribution in [3.8, 4) is 17.2 Å². The number of nitrogens with zero attached hydrogens (tertiary/aromatic N) is 1. The van der Waals surface area contributed by atoms with Crippen LogP contribution in [0, 0.1) is 0 Å². The number of hydrogen-bond acceptors (Lipinski definition) is 6. The molecular formula is C33H33F3N2O5. The van der Waals surface area contributed by atoms with Crippen LogP contribution in [0.4, 0.5) is 13.2 Å². The van der Waals surface area contributed by atoms with Gasteiger partial charge in [-0.05, 0) is 106 Å². The Bertz CT molecular complexity index is 1590. The lowest BCUT2D eigenvalue weighted by molar-refractivity contribution is -0.142. The molecule has 0 atom stereocenters. The van der Waals surface area contributed by atoms with Crippen LogP contribution in [0.3, 0.4) is 0 Å². The van der Waals surface area contributed by atoms with E-state index in [1.165, 1.54) is 17.7 Å². The van der Waals surface area contributed by atoms with Crippen LogP contribution in [0.5, 0.6) is 11.5 Å². The number of halogens is 3. The predicted octanol–water partition coefficient (Wildman–Crippen LogP) is 7.19. The number of hydrogen-bond donors (Lipinski definition) is 1. The van der Waals surface area contributed by atoms with Gasteiger partial charge in [-0.3, -0.25) is 4.79 Å². The van der Waals surface area contributed by atoms with Crippen molar-refractivity contribution in [1.82, 2.24) is 9.88 Å². The summed E-state index contributed by atoms with van der Waals surface area (Å²) in [6, 6.07) is 17.5. The van der Waals surface area contributed by atoms with E-state index in [-0.39, 0.29) is 30.9 Å². The molecule has 0 unspecified atom stereocenters. The molecule has 0 radical (unpaired) electrons. The normalized spacial score (nSPS) is 14.1. The quantitative estimate of drug-likeness (QED) is 0.207. The van der Waals surface area contributed by atoms with E-state index < -0.39 is 23.7 Å². The van der Waals surface area contributed by atoms with Gasteiger partial charge in [0.15, 0.2) is 0 Å². The minimum absolute atomic E-state index is 0.122. The Kier molecular flexibility index (Phi) is 9.05. The smallest absolute Gasteiger partial charge is 0.416 e. The summed E-state index contributed by atoms with van der Waals surface area (Å²) >= 11 is 0. The van der Waals surface area contributed by atoms with Gasteiger partial charge in [0, 0.05) is 16.8 Å². The average Bonchev–Trinajstić information content (AvgIpc) is 3.30. The summed E-state index contributed by atoms with van der Waals surface area (Å²) in [5.74, 6) is -0.146. The van der Waals surface area contributed by atoms with E-state index in [1.54, 1.807) is 32.0 Å². The van der Waals surface area contributed by atoms with Gasteiger partial charge < -0.3 is 24.1 Å². The van der Waals surface area contributed by atoms with Crippen molar-refractivity contribution in [1.29, 1.82) is 0 Å². The number of ether oxygens (including phenoxy) is 3. The lowest BCUT2D eigenvalue weighted by Crippen LogP contribution is -2.26. The summed E-state index contributed by atoms with van der Waals surface area (Å²) < 4.78 is 57.4. The maximum Gasteiger partial charge on any atom is 0.416 e. The van der Waals surface area contributed by atoms with Crippen molar-refractivity contribution < 1.29 is 37.0 Å². The highest BCUT2D eigenvalue weighted by Gasteiger charge is 2.30. The molecule has 1 saturated heterocycles. The molecule has 226 valence electrons. The van der Waals surface area contributed by atoms with Crippen LogP contribution in [0.1, 0.15) is 59.8 Å². The Balaban J connectivity index is 1.61. The third kappa shape index (κ3) is 6.69. The Hall–Kier alpha value is -4.31. The molecule has 1 fully saturated rings. The Labute approximate surface area is 247 Å². The standard InChI is InChI=1S/C33H33F3N2O5/c1-3-41-30(39)20-29-31(32(40)42-4-2)27-19-26(43-25-11-7-23(8-12-25)33(34,35)36)13-14-28(27)38(29)24-9-5-21(6-10-24)22-15-17-37-18-16-22/h5-14,19,22,37H,3-4,15-18,20H2,1-2H3. The molecule has 5 rings (SSSR count). The number of carbonyl (C=O) groups is 2. The number of alkyl halides is 3. The van der Waals surface area contributed by atoms with E-state index in [2.05, 4.69) is 17.4 Å². The lowest BCUT2D eigenvalue weighted by Gasteiger charge is -2.23. The van der Waals surface area contributed by atoms with Gasteiger partial charge in [0.2, 0.25) is 0 Å². The molecule has 43 heavy (non-hydrogen) atoms. The van der Waals surface area contributed by atoms with Gasteiger partial charge in [-0.1, -0.05) is 12.1 Å². The highest BCUT2D eigenvalue weighted by molar-refractivity contribution is 6.07. The largest absolute Gasteiger partial charge is 0.466 e. The van der Waals surface area contributed by atoms with Crippen molar-refractivity contribution >= 4 is 22.8 Å². The second kappa shape index (κ2) is 12.9. The monoisotopic (exact) mass is 594 g/mol. The molecule has 1 aliphatic heterocycles. The molecule has 7 nitrogen and oxygen atoms in total. The van der Waals surface area contributed by atoms with Crippen molar-refractivity contribution in [2.45, 2.75) is 45.2 Å². The van der Waals surface area contributed by atoms with E-state index in [0.29, 0.717) is 28.3 Å². The number of rotatable bonds is 9. The Morgan fingerprint density at radius 1 is 0.884 bits per heavy atom. The fourth-order valence-electron chi connectivity index (χ4n) is 5.53. The van der Waals surface area contributed by atoms with E-state index in [0.717, 1.165) is 43.8 Å². The summed E-state index contributed by atoms with van der Waals surface area (Å²) in [4.78, 5) is 26.2. The summed E-state index contributed by atoms with van der Waals surface area (Å²) in [7, 11) is 0. The fraction of sp³-hybridized carbons (Fsp3) is 0.333. The zero-order chi connectivity index (χ0) is 30.6. The first-order chi connectivity index (χ1) is 20.7. The molecule has 1 aliphatic rings. The third-order valence-corrected chi connectivity index (χ3v) is 7.51. The van der Waals surface area contributed by atoms with E-state index >= 15 is 0 Å². The maximum absolute atomic E-state index is 13.4. The lowest BCUT2D eigenvalue weighted by atomic mass is 9.90. The predicted molar refractivity (Wildman–Crippen MR) is 156 cm³/mol. The number of aromatic nitrogens is 1. The van der Waals surface area contributed by atoms with Crippen LogP contribution in [0.2, 0.25) is 0 Å². The first-order valence-electron chi connectivity index (χ1n) is 14.4. The minimum atomic E-state index is -4.46. The number of fused-ring (bicyclic) bond motifs is 1. The summed E-state index contributed by atoms with van der Waals surface area (Å²) in [5.41, 5.74) is 2.45. The number of benzene rings is 3. The van der Waals surface area contributed by atoms with Gasteiger partial charge in [0.1, 0.15) is 11.5 Å². The second-order valence-corrected chi connectivity index (χ2v) is 10.3. The van der Waals surface area contributed by atoms with E-state index in [9.17, 15) is 22.8 Å². The van der Waals surface area contributed by atoms with Gasteiger partial charge >= 0.3 is 18.1 Å². The zero-order valence-electron chi connectivity index (χ0n) is 24.0. The van der Waals surface area contributed by atoms with E-state index in [4.69, 9.17) is 14.2 Å². The number of carbonyl (C=O) groups excluding carboxylic acids is 2. The Morgan fingerprint density at radius 2 is 1.53 bits per heavy atom. The van der Waals surface area contributed by atoms with Crippen molar-refractivity contribution in [2.24, 2.45) is 0 Å². The molecule has 1 N–H and O–H groups in total. The average molecular weight is 595 g/mol. The van der Waals surface area contributed by atoms with Crippen molar-refractivity contribution in [3.63, 3.8) is 0 Å². The third-order valence-electron chi connectivity index (χ3n) is 7.51. The molecule has 2 heterocycles. The highest BCUT2D eigenvalue weighted by atomic mass is 19.4. The van der Waals surface area contributed by atoms with Gasteiger partial charge in [-0.25, -0.2) is 4.79 Å². The number of piperidine rings is 1. The van der Waals surface area contributed by atoms with Gasteiger partial charge in [-0.2, -0.15) is 13.2 Å². The first kappa shape index (κ1) is 30.2. The maximum atomic E-state index is 13.4. The second-order valence-electron chi connectivity index (χ2n) is 10.3. The van der Waals surface area contributed by atoms with Crippen LogP contribution in [0.25, 0.3) is 16.6 Å². The van der Waals surface area contributed by atoms with Crippen LogP contribution >= 0.6 is 0 Å². The summed E-state index contributed by atoms with van der Waals surface area (Å²) in [6.07, 6.45) is -2.54. The number of nitrogens with one attached hydrogen (secondary N) is 1. The highest BCUT2D eigenvalue weighted by Crippen LogP contribution is 2.36. The molecule has 0 saturated carbocycles. The van der Waals surface area contributed by atoms with Crippen LogP contribution < -0.4 is 10.1 Å². The number of esters is 2. The molecule has 10 heteroatoms. The SMILES string of the molecule is CCOC(=O)Cc1c(C(=O)OCC)c2cc(Oc3ccc(C(F)(F)F)cc3)ccc2n1-c1ccc(C2CCNCC2)cc1. The minimum Gasteiger partial charge on any atom is -0.466 e. The molecule has 0 amide bonds. The summed E-state index contributed by atoms with van der Waals surface area (Å²) in [6.45, 7) is 5.65. The molecule has 0 bridgehead atoms. The van der Waals surface area contributed by atoms with Gasteiger partial charge in [0.05, 0.1) is 36.3 Å². The molecule has 1 aromatic heterocycles. The molecule has 3 aromatic carbocycles. The van der Waals surface area contributed by atoms with Crippen LogP contribution in [0.15, 0.2) is 66.7 Å². The molecule has 0 aliphatic carbocycles. The molecule has 0 spiro atoms. The Morgan fingerprint density at radius 3 is 2.16 bits per heavy atom. The van der Waals surface area contributed by atoms with Crippen LogP contribution in [-0.4, -0.2) is 42.8 Å².